The van der Waals surface area contributed by atoms with E-state index in [9.17, 15) is 5.11 Å². The van der Waals surface area contributed by atoms with Gasteiger partial charge in [-0.25, -0.2) is 4.98 Å². The summed E-state index contributed by atoms with van der Waals surface area (Å²) >= 11 is 6.01. The lowest BCUT2D eigenvalue weighted by Crippen LogP contribution is -2.42. The van der Waals surface area contributed by atoms with E-state index < -0.39 is 5.60 Å². The van der Waals surface area contributed by atoms with Gasteiger partial charge in [0.1, 0.15) is 17.6 Å². The first-order valence-electron chi connectivity index (χ1n) is 12.2. The van der Waals surface area contributed by atoms with Gasteiger partial charge in [-0.05, 0) is 66.8 Å². The summed E-state index contributed by atoms with van der Waals surface area (Å²) < 4.78 is 11.9. The number of halogens is 1. The Hall–Kier alpha value is -3.37. The molecule has 1 aromatic heterocycles. The van der Waals surface area contributed by atoms with Crippen molar-refractivity contribution in [3.63, 3.8) is 0 Å². The third-order valence-corrected chi connectivity index (χ3v) is 7.23. The van der Waals surface area contributed by atoms with E-state index in [1.165, 1.54) is 0 Å². The Morgan fingerprint density at radius 2 is 1.94 bits per heavy atom. The van der Waals surface area contributed by atoms with E-state index in [0.717, 1.165) is 48.3 Å². The van der Waals surface area contributed by atoms with Crippen molar-refractivity contribution in [3.05, 3.63) is 88.6 Å². The molecule has 1 saturated heterocycles. The van der Waals surface area contributed by atoms with Crippen LogP contribution in [0.2, 0.25) is 5.02 Å². The largest absolute Gasteiger partial charge is 0.478 e. The summed E-state index contributed by atoms with van der Waals surface area (Å²) in [5.74, 6) is 1.93. The summed E-state index contributed by atoms with van der Waals surface area (Å²) in [7, 11) is 0. The second-order valence-electron chi connectivity index (χ2n) is 9.21. The van der Waals surface area contributed by atoms with Crippen LogP contribution < -0.4 is 9.47 Å². The van der Waals surface area contributed by atoms with Gasteiger partial charge >= 0.3 is 0 Å². The highest BCUT2D eigenvalue weighted by Crippen LogP contribution is 2.41. The fourth-order valence-corrected chi connectivity index (χ4v) is 5.09. The number of allylic oxidation sites excluding steroid dienone is 1. The molecule has 1 fully saturated rings. The number of benzene rings is 2. The second-order valence-corrected chi connectivity index (χ2v) is 9.65. The van der Waals surface area contributed by atoms with Crippen LogP contribution in [0.5, 0.6) is 17.4 Å². The summed E-state index contributed by atoms with van der Waals surface area (Å²) in [6.45, 7) is 2.55. The first-order chi connectivity index (χ1) is 17.6. The Morgan fingerprint density at radius 3 is 2.72 bits per heavy atom. The molecule has 2 aliphatic rings. The van der Waals surface area contributed by atoms with Crippen molar-refractivity contribution in [2.24, 2.45) is 0 Å². The summed E-state index contributed by atoms with van der Waals surface area (Å²) in [6.07, 6.45) is 6.86. The molecule has 0 amide bonds. The zero-order valence-corrected chi connectivity index (χ0v) is 20.7. The van der Waals surface area contributed by atoms with Crippen LogP contribution in [0, 0.1) is 11.3 Å². The third-order valence-electron chi connectivity index (χ3n) is 6.97. The molecule has 0 bridgehead atoms. The van der Waals surface area contributed by atoms with Gasteiger partial charge in [-0.15, -0.1) is 0 Å². The van der Waals surface area contributed by atoms with Gasteiger partial charge in [-0.1, -0.05) is 35.9 Å². The highest BCUT2D eigenvalue weighted by molar-refractivity contribution is 6.30. The number of aromatic nitrogens is 1. The maximum Gasteiger partial charge on any atom is 0.226 e. The van der Waals surface area contributed by atoms with Gasteiger partial charge in [0.25, 0.3) is 0 Å². The Morgan fingerprint density at radius 1 is 1.14 bits per heavy atom. The quantitative estimate of drug-likeness (QED) is 0.464. The SMILES string of the molecule is N#CCOc1cccc2c1CC(=CCCN1CCC(O)(c3ccc(Cl)cc3)CC1)c1cccnc1O2. The van der Waals surface area contributed by atoms with E-state index in [2.05, 4.69) is 16.0 Å². The molecule has 3 heterocycles. The predicted molar refractivity (Wildman–Crippen MR) is 139 cm³/mol. The molecule has 5 rings (SSSR count). The molecule has 1 N–H and O–H groups in total. The van der Waals surface area contributed by atoms with Crippen molar-refractivity contribution in [2.75, 3.05) is 26.2 Å². The topological polar surface area (TPSA) is 78.6 Å². The second kappa shape index (κ2) is 10.7. The van der Waals surface area contributed by atoms with Crippen LogP contribution in [0.4, 0.5) is 0 Å². The zero-order chi connectivity index (χ0) is 25.0. The highest BCUT2D eigenvalue weighted by atomic mass is 35.5. The van der Waals surface area contributed by atoms with Crippen molar-refractivity contribution in [2.45, 2.75) is 31.3 Å². The van der Waals surface area contributed by atoms with Gasteiger partial charge in [0.2, 0.25) is 5.88 Å². The summed E-state index contributed by atoms with van der Waals surface area (Å²) in [4.78, 5) is 6.86. The molecule has 2 aliphatic heterocycles. The molecule has 2 aromatic carbocycles. The number of piperidine rings is 1. The van der Waals surface area contributed by atoms with Crippen molar-refractivity contribution in [3.8, 4) is 23.4 Å². The molecule has 6 nitrogen and oxygen atoms in total. The van der Waals surface area contributed by atoms with E-state index in [0.29, 0.717) is 41.7 Å². The zero-order valence-electron chi connectivity index (χ0n) is 20.0. The van der Waals surface area contributed by atoms with Gasteiger partial charge < -0.3 is 19.5 Å². The van der Waals surface area contributed by atoms with Crippen LogP contribution in [0.25, 0.3) is 5.57 Å². The Balaban J connectivity index is 1.29. The minimum Gasteiger partial charge on any atom is -0.478 e. The van der Waals surface area contributed by atoms with Crippen molar-refractivity contribution < 1.29 is 14.6 Å². The molecule has 0 saturated carbocycles. The first kappa shape index (κ1) is 24.3. The molecule has 7 heteroatoms. The van der Waals surface area contributed by atoms with Crippen LogP contribution in [0.3, 0.4) is 0 Å². The minimum atomic E-state index is -0.799. The number of rotatable bonds is 6. The number of fused-ring (bicyclic) bond motifs is 2. The summed E-state index contributed by atoms with van der Waals surface area (Å²) in [5, 5.41) is 20.8. The fourth-order valence-electron chi connectivity index (χ4n) is 4.97. The van der Waals surface area contributed by atoms with E-state index in [1.807, 2.05) is 60.7 Å². The van der Waals surface area contributed by atoms with Gasteiger partial charge in [0.15, 0.2) is 6.61 Å². The van der Waals surface area contributed by atoms with Gasteiger partial charge in [-0.3, -0.25) is 0 Å². The van der Waals surface area contributed by atoms with E-state index in [-0.39, 0.29) is 6.61 Å². The fraction of sp³-hybridized carbons (Fsp3) is 0.310. The van der Waals surface area contributed by atoms with Gasteiger partial charge in [0.05, 0.1) is 5.60 Å². The van der Waals surface area contributed by atoms with Crippen LogP contribution in [-0.2, 0) is 12.0 Å². The van der Waals surface area contributed by atoms with Crippen LogP contribution in [-0.4, -0.2) is 41.2 Å². The number of hydrogen-bond acceptors (Lipinski definition) is 6. The molecular weight excluding hydrogens is 474 g/mol. The van der Waals surface area contributed by atoms with Crippen molar-refractivity contribution in [1.82, 2.24) is 9.88 Å². The lowest BCUT2D eigenvalue weighted by molar-refractivity contribution is -0.0254. The maximum atomic E-state index is 11.2. The number of nitrogens with zero attached hydrogens (tertiary/aromatic N) is 3. The number of hydrogen-bond donors (Lipinski definition) is 1. The molecule has 3 aromatic rings. The number of aliphatic hydroxyl groups is 1. The molecule has 184 valence electrons. The molecule has 36 heavy (non-hydrogen) atoms. The smallest absolute Gasteiger partial charge is 0.226 e. The van der Waals surface area contributed by atoms with E-state index >= 15 is 0 Å². The summed E-state index contributed by atoms with van der Waals surface area (Å²) in [6, 6.07) is 19.2. The third kappa shape index (κ3) is 5.24. The van der Waals surface area contributed by atoms with Crippen molar-refractivity contribution in [1.29, 1.82) is 5.26 Å². The number of likely N-dealkylation sites (tertiary alicyclic amines) is 1. The first-order valence-corrected chi connectivity index (χ1v) is 12.6. The predicted octanol–water partition coefficient (Wildman–Crippen LogP) is 5.74. The maximum absolute atomic E-state index is 11.2. The summed E-state index contributed by atoms with van der Waals surface area (Å²) in [5.41, 5.74) is 3.15. The lowest BCUT2D eigenvalue weighted by Gasteiger charge is -2.38. The van der Waals surface area contributed by atoms with Crippen molar-refractivity contribution >= 4 is 17.2 Å². The standard InChI is InChI=1S/C29H28ClN3O3/c30-23-10-8-22(9-11-23)29(34)12-17-33(18-13-29)16-3-4-21-20-25-26(35-19-14-31)6-1-7-27(25)36-28-24(21)5-2-15-32-28/h1-2,4-11,15,34H,3,12-13,16-20H2. The van der Waals surface area contributed by atoms with Crippen LogP contribution in [0.15, 0.2) is 66.9 Å². The Bertz CT molecular complexity index is 1290. The number of pyridine rings is 1. The molecular formula is C29H28ClN3O3. The van der Waals surface area contributed by atoms with E-state index in [4.69, 9.17) is 26.3 Å². The Kier molecular flexibility index (Phi) is 7.24. The number of nitriles is 1. The molecule has 0 spiro atoms. The Labute approximate surface area is 216 Å². The van der Waals surface area contributed by atoms with Crippen LogP contribution in [0.1, 0.15) is 36.0 Å². The molecule has 0 aliphatic carbocycles. The van der Waals surface area contributed by atoms with Crippen LogP contribution >= 0.6 is 11.6 Å². The monoisotopic (exact) mass is 501 g/mol. The van der Waals surface area contributed by atoms with Gasteiger partial charge in [-0.2, -0.15) is 5.26 Å². The average molecular weight is 502 g/mol. The average Bonchev–Trinajstić information content (AvgIpc) is 3.06. The molecule has 0 atom stereocenters. The molecule has 0 unspecified atom stereocenters. The minimum absolute atomic E-state index is 0.0158. The number of ether oxygens (including phenoxy) is 2. The highest BCUT2D eigenvalue weighted by Gasteiger charge is 2.33. The normalized spacial score (nSPS) is 17.9. The van der Waals surface area contributed by atoms with Gasteiger partial charge in [0, 0.05) is 48.4 Å². The lowest BCUT2D eigenvalue weighted by atomic mass is 9.84. The molecule has 0 radical (unpaired) electrons. The van der Waals surface area contributed by atoms with E-state index in [1.54, 1.807) is 6.20 Å².